The number of rotatable bonds is 6. The Morgan fingerprint density at radius 3 is 1.92 bits per heavy atom. The molecule has 2 aliphatic rings. The van der Waals surface area contributed by atoms with Gasteiger partial charge >= 0.3 is 24.0 Å². The van der Waals surface area contributed by atoms with Crippen LogP contribution in [0.3, 0.4) is 0 Å². The molecule has 1 unspecified atom stereocenters. The molecule has 0 radical (unpaired) electrons. The second-order valence-electron chi connectivity index (χ2n) is 9.02. The number of hydrogen-bond acceptors (Lipinski definition) is 9. The third-order valence-electron chi connectivity index (χ3n) is 6.49. The van der Waals surface area contributed by atoms with E-state index < -0.39 is 55.1 Å². The monoisotopic (exact) mass is 511 g/mol. The van der Waals surface area contributed by atoms with E-state index >= 15 is 0 Å². The first-order valence-electron chi connectivity index (χ1n) is 12.0. The minimum Gasteiger partial charge on any atom is -0.464 e. The van der Waals surface area contributed by atoms with E-state index in [2.05, 4.69) is 0 Å². The van der Waals surface area contributed by atoms with Crippen molar-refractivity contribution in [3.05, 3.63) is 59.7 Å². The lowest BCUT2D eigenvalue weighted by Gasteiger charge is -2.45. The summed E-state index contributed by atoms with van der Waals surface area (Å²) < 4.78 is 21.5. The molecule has 0 aromatic heterocycles. The number of esters is 3. The molecule has 1 amide bonds. The zero-order valence-corrected chi connectivity index (χ0v) is 20.8. The second-order valence-corrected chi connectivity index (χ2v) is 9.02. The van der Waals surface area contributed by atoms with Crippen molar-refractivity contribution in [2.45, 2.75) is 57.6 Å². The fourth-order valence-corrected chi connectivity index (χ4v) is 5.06. The molecule has 0 bridgehead atoms. The van der Waals surface area contributed by atoms with Crippen LogP contribution in [0.15, 0.2) is 48.5 Å². The molecule has 196 valence electrons. The average molecular weight is 512 g/mol. The molecule has 1 N–H and O–H groups in total. The highest BCUT2D eigenvalue weighted by Gasteiger charge is 2.49. The maximum Gasteiger partial charge on any atom is 0.412 e. The smallest absolute Gasteiger partial charge is 0.412 e. The van der Waals surface area contributed by atoms with Crippen LogP contribution in [-0.4, -0.2) is 71.7 Å². The molecule has 4 rings (SSSR count). The van der Waals surface area contributed by atoms with E-state index in [-0.39, 0.29) is 18.9 Å². The van der Waals surface area contributed by atoms with E-state index in [4.69, 9.17) is 18.9 Å². The van der Waals surface area contributed by atoms with E-state index in [0.29, 0.717) is 0 Å². The standard InChI is InChI=1S/C27H29NO9/c1-15(29)34-14-23-26(37-17(3)31)24(36-16(2)30)12-25(32)28(23)27(33)35-13-22-20-10-6-4-8-18(20)19-9-5-7-11-21(19)22/h4-11,22-26,32H,12-14H2,1-3H3/t23-,24+,25?,26+/m1/s1. The van der Waals surface area contributed by atoms with E-state index in [9.17, 15) is 24.3 Å². The predicted molar refractivity (Wildman–Crippen MR) is 129 cm³/mol. The van der Waals surface area contributed by atoms with Crippen LogP contribution in [0.25, 0.3) is 11.1 Å². The summed E-state index contributed by atoms with van der Waals surface area (Å²) in [6.45, 7) is 3.10. The normalized spacial score (nSPS) is 22.4. The van der Waals surface area contributed by atoms with Crippen molar-refractivity contribution in [2.75, 3.05) is 13.2 Å². The van der Waals surface area contributed by atoms with Gasteiger partial charge in [-0.05, 0) is 22.3 Å². The lowest BCUT2D eigenvalue weighted by molar-refractivity contribution is -0.199. The molecule has 37 heavy (non-hydrogen) atoms. The summed E-state index contributed by atoms with van der Waals surface area (Å²) in [5, 5.41) is 10.9. The number of hydrogen-bond donors (Lipinski definition) is 1. The molecule has 4 atom stereocenters. The number of amides is 1. The summed E-state index contributed by atoms with van der Waals surface area (Å²) in [6.07, 6.45) is -4.81. The molecular formula is C27H29NO9. The van der Waals surface area contributed by atoms with E-state index in [1.165, 1.54) is 13.8 Å². The summed E-state index contributed by atoms with van der Waals surface area (Å²) in [5.74, 6) is -2.21. The van der Waals surface area contributed by atoms with E-state index in [0.717, 1.165) is 34.1 Å². The number of nitrogens with zero attached hydrogens (tertiary/aromatic N) is 1. The molecule has 0 saturated carbocycles. The van der Waals surface area contributed by atoms with Crippen LogP contribution in [0.2, 0.25) is 0 Å². The maximum atomic E-state index is 13.4. The van der Waals surface area contributed by atoms with Gasteiger partial charge in [-0.2, -0.15) is 0 Å². The second kappa shape index (κ2) is 11.0. The lowest BCUT2D eigenvalue weighted by atomic mass is 9.94. The zero-order valence-electron chi connectivity index (χ0n) is 20.8. The molecule has 1 fully saturated rings. The molecule has 2 aromatic rings. The fraction of sp³-hybridized carbons (Fsp3) is 0.407. The molecule has 0 spiro atoms. The van der Waals surface area contributed by atoms with Crippen LogP contribution in [0.1, 0.15) is 44.2 Å². The van der Waals surface area contributed by atoms with Crippen molar-refractivity contribution in [3.8, 4) is 11.1 Å². The number of piperidine rings is 1. The highest BCUT2D eigenvalue weighted by atomic mass is 16.6. The first-order valence-corrected chi connectivity index (χ1v) is 12.0. The minimum atomic E-state index is -1.45. The summed E-state index contributed by atoms with van der Waals surface area (Å²) in [4.78, 5) is 49.4. The molecular weight excluding hydrogens is 482 g/mol. The van der Waals surface area contributed by atoms with Gasteiger partial charge in [0.05, 0.1) is 0 Å². The summed E-state index contributed by atoms with van der Waals surface area (Å²) in [7, 11) is 0. The SMILES string of the molecule is CC(=O)OC[C@@H]1[C@H](OC(C)=O)[C@@H](OC(C)=O)CC(O)N1C(=O)OCC1c2ccccc2-c2ccccc21. The summed E-state index contributed by atoms with van der Waals surface area (Å²) >= 11 is 0. The topological polar surface area (TPSA) is 129 Å². The van der Waals surface area contributed by atoms with Crippen LogP contribution in [0, 0.1) is 0 Å². The highest BCUT2D eigenvalue weighted by molar-refractivity contribution is 5.79. The molecule has 1 saturated heterocycles. The number of aliphatic hydroxyl groups is 1. The number of carbonyl (C=O) groups excluding carboxylic acids is 4. The van der Waals surface area contributed by atoms with E-state index in [1.807, 2.05) is 48.5 Å². The number of fused-ring (bicyclic) bond motifs is 3. The number of likely N-dealkylation sites (tertiary alicyclic amines) is 1. The molecule has 10 nitrogen and oxygen atoms in total. The van der Waals surface area contributed by atoms with Crippen molar-refractivity contribution in [2.24, 2.45) is 0 Å². The third-order valence-corrected chi connectivity index (χ3v) is 6.49. The van der Waals surface area contributed by atoms with Gasteiger partial charge in [0.15, 0.2) is 6.10 Å². The van der Waals surface area contributed by atoms with Crippen molar-refractivity contribution < 1.29 is 43.2 Å². The number of ether oxygens (including phenoxy) is 4. The van der Waals surface area contributed by atoms with E-state index in [1.54, 1.807) is 0 Å². The van der Waals surface area contributed by atoms with Gasteiger partial charge in [0.25, 0.3) is 0 Å². The number of aliphatic hydroxyl groups excluding tert-OH is 1. The Hall–Kier alpha value is -3.92. The van der Waals surface area contributed by atoms with Crippen molar-refractivity contribution in [1.82, 2.24) is 4.90 Å². The van der Waals surface area contributed by atoms with Gasteiger partial charge in [0, 0.05) is 33.1 Å². The predicted octanol–water partition coefficient (Wildman–Crippen LogP) is 2.75. The lowest BCUT2D eigenvalue weighted by Crippen LogP contribution is -2.64. The maximum absolute atomic E-state index is 13.4. The highest BCUT2D eigenvalue weighted by Crippen LogP contribution is 2.44. The largest absolute Gasteiger partial charge is 0.464 e. The fourth-order valence-electron chi connectivity index (χ4n) is 5.06. The van der Waals surface area contributed by atoms with Gasteiger partial charge in [0.1, 0.15) is 31.6 Å². The van der Waals surface area contributed by atoms with Crippen molar-refractivity contribution in [1.29, 1.82) is 0 Å². The molecule has 2 aromatic carbocycles. The first kappa shape index (κ1) is 26.2. The third kappa shape index (κ3) is 5.59. The Balaban J connectivity index is 1.58. The zero-order chi connectivity index (χ0) is 26.7. The summed E-state index contributed by atoms with van der Waals surface area (Å²) in [6, 6.07) is 14.6. The van der Waals surface area contributed by atoms with Gasteiger partial charge in [-0.25, -0.2) is 4.79 Å². The van der Waals surface area contributed by atoms with Crippen LogP contribution in [0.5, 0.6) is 0 Å². The Morgan fingerprint density at radius 2 is 1.38 bits per heavy atom. The molecule has 1 aliphatic carbocycles. The Kier molecular flexibility index (Phi) is 7.77. The van der Waals surface area contributed by atoms with Crippen molar-refractivity contribution >= 4 is 24.0 Å². The number of carbonyl (C=O) groups is 4. The number of benzene rings is 2. The molecule has 10 heteroatoms. The molecule has 1 heterocycles. The Labute approximate surface area is 214 Å². The first-order chi connectivity index (χ1) is 17.7. The van der Waals surface area contributed by atoms with Gasteiger partial charge in [-0.3, -0.25) is 19.3 Å². The van der Waals surface area contributed by atoms with Crippen LogP contribution < -0.4 is 0 Å². The Morgan fingerprint density at radius 1 is 0.811 bits per heavy atom. The van der Waals surface area contributed by atoms with Crippen molar-refractivity contribution in [3.63, 3.8) is 0 Å². The van der Waals surface area contributed by atoms with Crippen LogP contribution >= 0.6 is 0 Å². The summed E-state index contributed by atoms with van der Waals surface area (Å²) in [5.41, 5.74) is 4.15. The quantitative estimate of drug-likeness (QED) is 0.460. The Bertz CT molecular complexity index is 1150. The average Bonchev–Trinajstić information content (AvgIpc) is 3.16. The van der Waals surface area contributed by atoms with Crippen LogP contribution in [0.4, 0.5) is 4.79 Å². The van der Waals surface area contributed by atoms with Crippen LogP contribution in [-0.2, 0) is 33.3 Å². The van der Waals surface area contributed by atoms with Gasteiger partial charge < -0.3 is 24.1 Å². The van der Waals surface area contributed by atoms with Gasteiger partial charge in [-0.15, -0.1) is 0 Å². The minimum absolute atomic E-state index is 0.0119. The van der Waals surface area contributed by atoms with Gasteiger partial charge in [0.2, 0.25) is 0 Å². The molecule has 1 aliphatic heterocycles. The van der Waals surface area contributed by atoms with Gasteiger partial charge in [-0.1, -0.05) is 48.5 Å².